The predicted molar refractivity (Wildman–Crippen MR) is 270 cm³/mol. The number of aliphatic carboxylic acids is 1. The fourth-order valence-electron chi connectivity index (χ4n) is 10.5. The van der Waals surface area contributed by atoms with Crippen LogP contribution in [0.5, 0.6) is 11.5 Å². The molecular weight excluding hydrogens is 841 g/mol. The zero-order valence-corrected chi connectivity index (χ0v) is 39.9. The second kappa shape index (κ2) is 22.8. The number of hydrogen-bond donors (Lipinski definition) is 1. The van der Waals surface area contributed by atoms with Gasteiger partial charge in [0.15, 0.2) is 0 Å². The molecule has 366 valence electrons. The fraction of sp³-hybridized carbons (Fsp3) is 0.579. The van der Waals surface area contributed by atoms with Gasteiger partial charge in [-0.2, -0.15) is 0 Å². The highest BCUT2D eigenvalue weighted by Gasteiger charge is 2.33. The van der Waals surface area contributed by atoms with E-state index in [1.807, 2.05) is 65.6 Å². The molecule has 10 heteroatoms. The second-order valence-corrected chi connectivity index (χ2v) is 21.4. The van der Waals surface area contributed by atoms with Gasteiger partial charge in [0.1, 0.15) is 11.5 Å². The number of esters is 1. The molecule has 0 radical (unpaired) electrons. The molecule has 0 aromatic heterocycles. The van der Waals surface area contributed by atoms with E-state index in [1.54, 1.807) is 4.90 Å². The second-order valence-electron chi connectivity index (χ2n) is 21.4. The normalized spacial score (nSPS) is 21.8. The van der Waals surface area contributed by atoms with E-state index in [-0.39, 0.29) is 56.7 Å². The lowest BCUT2D eigenvalue weighted by molar-refractivity contribution is -0.147. The zero-order chi connectivity index (χ0) is 46.5. The predicted octanol–water partition coefficient (Wildman–Crippen LogP) is 12.9. The maximum absolute atomic E-state index is 13.0. The minimum atomic E-state index is -0.761. The molecule has 4 aromatic carbocycles. The van der Waals surface area contributed by atoms with Gasteiger partial charge in [0.2, 0.25) is 0 Å². The number of carbonyl (C=O) groups is 4. The average Bonchev–Trinajstić information content (AvgIpc) is 3.30. The van der Waals surface area contributed by atoms with Crippen LogP contribution in [-0.2, 0) is 14.3 Å². The van der Waals surface area contributed by atoms with Crippen molar-refractivity contribution in [2.45, 2.75) is 146 Å². The molecular formula is C57H80N2O8. The van der Waals surface area contributed by atoms with E-state index in [0.29, 0.717) is 73.8 Å². The highest BCUT2D eigenvalue weighted by Crippen LogP contribution is 2.40. The Bertz CT molecular complexity index is 2290. The quantitative estimate of drug-likeness (QED) is 0.173. The number of fused-ring (bicyclic) bond motifs is 2. The summed E-state index contributed by atoms with van der Waals surface area (Å²) in [6.07, 6.45) is 12.2. The number of rotatable bonds is 8. The molecule has 2 saturated heterocycles. The van der Waals surface area contributed by atoms with Crippen LogP contribution in [0.1, 0.15) is 154 Å². The maximum Gasteiger partial charge on any atom is 0.308 e. The highest BCUT2D eigenvalue weighted by atomic mass is 16.5. The third kappa shape index (κ3) is 13.5. The molecule has 0 unspecified atom stereocenters. The third-order valence-corrected chi connectivity index (χ3v) is 15.0. The Morgan fingerprint density at radius 3 is 1.18 bits per heavy atom. The van der Waals surface area contributed by atoms with Gasteiger partial charge in [-0.25, -0.2) is 0 Å². The van der Waals surface area contributed by atoms with Crippen LogP contribution in [-0.4, -0.2) is 84.2 Å². The third-order valence-electron chi connectivity index (χ3n) is 15.0. The van der Waals surface area contributed by atoms with Gasteiger partial charge >= 0.3 is 11.9 Å². The van der Waals surface area contributed by atoms with Crippen molar-refractivity contribution in [2.24, 2.45) is 34.5 Å². The molecule has 2 heterocycles. The lowest BCUT2D eigenvalue weighted by Gasteiger charge is -2.37. The van der Waals surface area contributed by atoms with E-state index in [2.05, 4.69) is 53.7 Å². The molecule has 10 nitrogen and oxygen atoms in total. The maximum atomic E-state index is 13.0. The van der Waals surface area contributed by atoms with Gasteiger partial charge in [-0.15, -0.1) is 0 Å². The lowest BCUT2D eigenvalue weighted by Crippen LogP contribution is -2.40. The largest absolute Gasteiger partial charge is 0.490 e. The minimum absolute atomic E-state index is 0. The summed E-state index contributed by atoms with van der Waals surface area (Å²) in [6.45, 7) is 16.2. The molecule has 67 heavy (non-hydrogen) atoms. The Hall–Kier alpha value is -5.12. The number of benzene rings is 4. The summed E-state index contributed by atoms with van der Waals surface area (Å²) in [6, 6.07) is 23.9. The summed E-state index contributed by atoms with van der Waals surface area (Å²) >= 11 is 0. The number of likely N-dealkylation sites (tertiary alicyclic amines) is 2. The van der Waals surface area contributed by atoms with Crippen LogP contribution < -0.4 is 9.47 Å². The van der Waals surface area contributed by atoms with Crippen LogP contribution in [0.3, 0.4) is 0 Å². The van der Waals surface area contributed by atoms with E-state index in [1.165, 1.54) is 32.8 Å². The molecule has 0 bridgehead atoms. The molecule has 4 fully saturated rings. The first kappa shape index (κ1) is 52.8. The number of nitrogens with zero attached hydrogens (tertiary/aromatic N) is 2. The first-order chi connectivity index (χ1) is 30.9. The number of piperidine rings is 2. The van der Waals surface area contributed by atoms with Gasteiger partial charge in [0.05, 0.1) is 31.2 Å². The van der Waals surface area contributed by atoms with Gasteiger partial charge in [0.25, 0.3) is 11.8 Å². The van der Waals surface area contributed by atoms with Crippen molar-refractivity contribution in [3.8, 4) is 11.5 Å². The van der Waals surface area contributed by atoms with Crippen molar-refractivity contribution in [3.63, 3.8) is 0 Å². The summed E-state index contributed by atoms with van der Waals surface area (Å²) in [5, 5.41) is 13.3. The summed E-state index contributed by atoms with van der Waals surface area (Å²) < 4.78 is 17.5. The number of methoxy groups -OCH3 is 1. The molecule has 4 aliphatic rings. The highest BCUT2D eigenvalue weighted by molar-refractivity contribution is 6.00. The molecule has 8 rings (SSSR count). The van der Waals surface area contributed by atoms with Crippen LogP contribution in [0.4, 0.5) is 0 Å². The number of carbonyl (C=O) groups excluding carboxylic acids is 3. The number of carboxylic acids is 1. The summed E-state index contributed by atoms with van der Waals surface area (Å²) in [5.41, 5.74) is 2.09. The van der Waals surface area contributed by atoms with Crippen molar-refractivity contribution in [1.29, 1.82) is 0 Å². The van der Waals surface area contributed by atoms with Crippen LogP contribution >= 0.6 is 0 Å². The fourth-order valence-corrected chi connectivity index (χ4v) is 10.5. The van der Waals surface area contributed by atoms with Gasteiger partial charge in [-0.1, -0.05) is 80.7 Å². The molecule has 0 spiro atoms. The molecule has 2 saturated carbocycles. The molecule has 2 aliphatic heterocycles. The van der Waals surface area contributed by atoms with Crippen molar-refractivity contribution in [1.82, 2.24) is 9.80 Å². The zero-order valence-electron chi connectivity index (χ0n) is 39.9. The SMILES string of the molecule is C.C.CC(C)(C)C1CCC(Oc2ccc3cc(C(=O)N4CCC(C(=O)O)CC4)ccc3c2)CC1.COC(=O)C1CCN(C(=O)c2ccc3cc(OC4CCC(C(C)(C)C)CC4)ccc3c2)CC1. The standard InChI is InChI=1S/C28H37NO4.C27H35NO4.2CH4/c1-28(2,3)23-8-11-24(12-9-23)33-25-10-7-20-17-22(6-5-21(20)18-25)26(30)29-15-13-19(14-16-29)27(31)32-4;1-27(2,3)22-7-10-23(11-8-22)32-24-9-6-19-16-21(5-4-20(19)17-24)25(29)28-14-12-18(13-15-28)26(30)31;;/h5-7,10,17-19,23-24H,8-9,11-16H2,1-4H3;4-6,9,16-18,22-23H,7-8,10-15H2,1-3H3,(H,30,31);2*1H4. The van der Waals surface area contributed by atoms with Gasteiger partial charge in [-0.05, 0) is 170 Å². The number of amides is 2. The molecule has 4 aromatic rings. The number of carboxylic acid groups (broad SMARTS) is 1. The van der Waals surface area contributed by atoms with E-state index >= 15 is 0 Å². The van der Waals surface area contributed by atoms with Gasteiger partial charge < -0.3 is 29.1 Å². The van der Waals surface area contributed by atoms with E-state index in [9.17, 15) is 19.2 Å². The van der Waals surface area contributed by atoms with Gasteiger partial charge in [0, 0.05) is 37.3 Å². The molecule has 2 amide bonds. The van der Waals surface area contributed by atoms with Crippen molar-refractivity contribution < 1.29 is 38.5 Å². The van der Waals surface area contributed by atoms with Crippen LogP contribution in [0.25, 0.3) is 21.5 Å². The summed E-state index contributed by atoms with van der Waals surface area (Å²) in [4.78, 5) is 52.4. The lowest BCUT2D eigenvalue weighted by atomic mass is 9.72. The summed E-state index contributed by atoms with van der Waals surface area (Å²) in [7, 11) is 1.42. The Morgan fingerprint density at radius 1 is 0.493 bits per heavy atom. The first-order valence-corrected chi connectivity index (χ1v) is 24.3. The summed E-state index contributed by atoms with van der Waals surface area (Å²) in [5.74, 6) is 1.98. The van der Waals surface area contributed by atoms with Crippen molar-refractivity contribution >= 4 is 45.3 Å². The Balaban J connectivity index is 0.000000244. The number of ether oxygens (including phenoxy) is 3. The Kier molecular flexibility index (Phi) is 18.0. The number of hydrogen-bond acceptors (Lipinski definition) is 7. The van der Waals surface area contributed by atoms with Crippen LogP contribution in [0.2, 0.25) is 0 Å². The molecule has 0 atom stereocenters. The Morgan fingerprint density at radius 2 is 0.836 bits per heavy atom. The minimum Gasteiger partial charge on any atom is -0.490 e. The van der Waals surface area contributed by atoms with Crippen molar-refractivity contribution in [3.05, 3.63) is 83.9 Å². The van der Waals surface area contributed by atoms with E-state index in [4.69, 9.17) is 19.3 Å². The van der Waals surface area contributed by atoms with E-state index in [0.717, 1.165) is 70.6 Å². The van der Waals surface area contributed by atoms with Crippen LogP contribution in [0.15, 0.2) is 72.8 Å². The molecule has 1 N–H and O–H groups in total. The average molecular weight is 921 g/mol. The smallest absolute Gasteiger partial charge is 0.308 e. The first-order valence-electron chi connectivity index (χ1n) is 24.3. The topological polar surface area (TPSA) is 123 Å². The van der Waals surface area contributed by atoms with E-state index < -0.39 is 5.97 Å². The monoisotopic (exact) mass is 921 g/mol. The Labute approximate surface area is 401 Å². The van der Waals surface area contributed by atoms with Crippen molar-refractivity contribution in [2.75, 3.05) is 33.3 Å². The van der Waals surface area contributed by atoms with Crippen LogP contribution in [0, 0.1) is 34.5 Å². The van der Waals surface area contributed by atoms with Gasteiger partial charge in [-0.3, -0.25) is 19.2 Å². The molecule has 2 aliphatic carbocycles.